The van der Waals surface area contributed by atoms with Crippen molar-refractivity contribution in [3.05, 3.63) is 34.1 Å². The maximum atomic E-state index is 13.4. The second kappa shape index (κ2) is 6.48. The van der Waals surface area contributed by atoms with Gasteiger partial charge in [0.15, 0.2) is 0 Å². The van der Waals surface area contributed by atoms with Crippen molar-refractivity contribution in [3.8, 4) is 0 Å². The van der Waals surface area contributed by atoms with Gasteiger partial charge in [0.25, 0.3) is 5.91 Å². The Kier molecular flexibility index (Phi) is 4.93. The molecule has 19 heavy (non-hydrogen) atoms. The molecule has 1 aliphatic rings. The van der Waals surface area contributed by atoms with Gasteiger partial charge in [0, 0.05) is 12.6 Å². The molecule has 0 aliphatic carbocycles. The van der Waals surface area contributed by atoms with E-state index in [1.54, 1.807) is 12.1 Å². The van der Waals surface area contributed by atoms with Gasteiger partial charge in [-0.3, -0.25) is 9.69 Å². The van der Waals surface area contributed by atoms with Crippen molar-refractivity contribution in [1.29, 1.82) is 0 Å². The number of hydrogen-bond donors (Lipinski definition) is 1. The van der Waals surface area contributed by atoms with Crippen LogP contribution in [0.2, 0.25) is 0 Å². The third kappa shape index (κ3) is 3.34. The number of hydrogen-bond acceptors (Lipinski definition) is 2. The summed E-state index contributed by atoms with van der Waals surface area (Å²) in [5, 5.41) is 2.90. The molecule has 1 aromatic rings. The molecule has 1 aliphatic heterocycles. The monoisotopic (exact) mass is 328 g/mol. The van der Waals surface area contributed by atoms with E-state index in [9.17, 15) is 9.18 Å². The standard InChI is InChI=1S/C14H18BrFN2O/c1-2-18-8-4-5-10(18)9-17-14(19)11-6-3-7-12(16)13(11)15/h3,6-7,10H,2,4-5,8-9H2,1H3,(H,17,19). The summed E-state index contributed by atoms with van der Waals surface area (Å²) < 4.78 is 13.6. The van der Waals surface area contributed by atoms with Crippen LogP contribution in [0.4, 0.5) is 4.39 Å². The van der Waals surface area contributed by atoms with Crippen LogP contribution in [0.25, 0.3) is 0 Å². The molecule has 104 valence electrons. The number of nitrogens with one attached hydrogen (secondary N) is 1. The minimum Gasteiger partial charge on any atom is -0.350 e. The highest BCUT2D eigenvalue weighted by molar-refractivity contribution is 9.10. The van der Waals surface area contributed by atoms with E-state index < -0.39 is 5.82 Å². The van der Waals surface area contributed by atoms with Gasteiger partial charge in [0.1, 0.15) is 5.82 Å². The molecular formula is C14H18BrFN2O. The van der Waals surface area contributed by atoms with E-state index in [-0.39, 0.29) is 10.4 Å². The van der Waals surface area contributed by atoms with Crippen LogP contribution >= 0.6 is 15.9 Å². The third-order valence-electron chi connectivity index (χ3n) is 3.60. The van der Waals surface area contributed by atoms with Crippen molar-refractivity contribution in [2.75, 3.05) is 19.6 Å². The zero-order chi connectivity index (χ0) is 13.8. The predicted molar refractivity (Wildman–Crippen MR) is 76.7 cm³/mol. The van der Waals surface area contributed by atoms with Crippen molar-refractivity contribution < 1.29 is 9.18 Å². The van der Waals surface area contributed by atoms with Crippen LogP contribution in [-0.2, 0) is 0 Å². The first-order chi connectivity index (χ1) is 9.13. The number of carbonyl (C=O) groups excluding carboxylic acids is 1. The van der Waals surface area contributed by atoms with Gasteiger partial charge in [-0.25, -0.2) is 4.39 Å². The maximum Gasteiger partial charge on any atom is 0.252 e. The summed E-state index contributed by atoms with van der Waals surface area (Å²) in [6.07, 6.45) is 2.29. The van der Waals surface area contributed by atoms with Crippen LogP contribution in [0.1, 0.15) is 30.1 Å². The largest absolute Gasteiger partial charge is 0.350 e. The van der Waals surface area contributed by atoms with E-state index in [0.717, 1.165) is 19.5 Å². The van der Waals surface area contributed by atoms with Crippen molar-refractivity contribution in [2.24, 2.45) is 0 Å². The van der Waals surface area contributed by atoms with E-state index in [1.165, 1.54) is 12.5 Å². The number of carbonyl (C=O) groups is 1. The van der Waals surface area contributed by atoms with Crippen molar-refractivity contribution in [3.63, 3.8) is 0 Å². The van der Waals surface area contributed by atoms with Crippen molar-refractivity contribution >= 4 is 21.8 Å². The first kappa shape index (κ1) is 14.5. The molecule has 1 fully saturated rings. The minimum atomic E-state index is -0.413. The van der Waals surface area contributed by atoms with Crippen LogP contribution in [0, 0.1) is 5.82 Å². The van der Waals surface area contributed by atoms with Gasteiger partial charge in [0.2, 0.25) is 0 Å². The molecular weight excluding hydrogens is 311 g/mol. The summed E-state index contributed by atoms with van der Waals surface area (Å²) in [6, 6.07) is 4.90. The van der Waals surface area contributed by atoms with E-state index in [0.29, 0.717) is 18.2 Å². The Morgan fingerprint density at radius 2 is 2.37 bits per heavy atom. The van der Waals surface area contributed by atoms with E-state index in [4.69, 9.17) is 0 Å². The van der Waals surface area contributed by atoms with Crippen molar-refractivity contribution in [2.45, 2.75) is 25.8 Å². The van der Waals surface area contributed by atoms with E-state index in [1.807, 2.05) is 0 Å². The Labute approximate surface area is 121 Å². The molecule has 3 nitrogen and oxygen atoms in total. The molecule has 0 spiro atoms. The molecule has 1 atom stereocenters. The molecule has 5 heteroatoms. The van der Waals surface area contributed by atoms with Crippen molar-refractivity contribution in [1.82, 2.24) is 10.2 Å². The second-order valence-corrected chi connectivity index (χ2v) is 5.53. The first-order valence-electron chi connectivity index (χ1n) is 6.59. The third-order valence-corrected chi connectivity index (χ3v) is 4.41. The zero-order valence-corrected chi connectivity index (χ0v) is 12.5. The van der Waals surface area contributed by atoms with E-state index >= 15 is 0 Å². The lowest BCUT2D eigenvalue weighted by Gasteiger charge is -2.23. The quantitative estimate of drug-likeness (QED) is 0.921. The lowest BCUT2D eigenvalue weighted by Crippen LogP contribution is -2.40. The van der Waals surface area contributed by atoms with Gasteiger partial charge < -0.3 is 5.32 Å². The topological polar surface area (TPSA) is 32.3 Å². The average Bonchev–Trinajstić information content (AvgIpc) is 2.86. The fourth-order valence-corrected chi connectivity index (χ4v) is 2.97. The number of likely N-dealkylation sites (N-methyl/N-ethyl adjacent to an activating group) is 1. The molecule has 1 N–H and O–H groups in total. The van der Waals surface area contributed by atoms with Crippen LogP contribution in [0.5, 0.6) is 0 Å². The van der Waals surface area contributed by atoms with Crippen LogP contribution in [0.3, 0.4) is 0 Å². The SMILES string of the molecule is CCN1CCCC1CNC(=O)c1cccc(F)c1Br. The van der Waals surface area contributed by atoms with Crippen LogP contribution < -0.4 is 5.32 Å². The highest BCUT2D eigenvalue weighted by Gasteiger charge is 2.23. The lowest BCUT2D eigenvalue weighted by molar-refractivity contribution is 0.0940. The van der Waals surface area contributed by atoms with Gasteiger partial charge in [-0.1, -0.05) is 13.0 Å². The van der Waals surface area contributed by atoms with Gasteiger partial charge in [-0.2, -0.15) is 0 Å². The second-order valence-electron chi connectivity index (χ2n) is 4.74. The summed E-state index contributed by atoms with van der Waals surface area (Å²) in [7, 11) is 0. The fourth-order valence-electron chi connectivity index (χ4n) is 2.53. The summed E-state index contributed by atoms with van der Waals surface area (Å²) in [5.74, 6) is -0.641. The Bertz CT molecular complexity index is 467. The fraction of sp³-hybridized carbons (Fsp3) is 0.500. The lowest BCUT2D eigenvalue weighted by atomic mass is 10.2. The molecule has 1 aromatic carbocycles. The van der Waals surface area contributed by atoms with Crippen LogP contribution in [0.15, 0.2) is 22.7 Å². The summed E-state index contributed by atoms with van der Waals surface area (Å²) >= 11 is 3.11. The highest BCUT2D eigenvalue weighted by atomic mass is 79.9. The Balaban J connectivity index is 1.96. The molecule has 0 aromatic heterocycles. The van der Waals surface area contributed by atoms with E-state index in [2.05, 4.69) is 33.1 Å². The van der Waals surface area contributed by atoms with Gasteiger partial charge in [-0.05, 0) is 54.0 Å². The Hall–Kier alpha value is -0.940. The number of nitrogens with zero attached hydrogens (tertiary/aromatic N) is 1. The minimum absolute atomic E-state index is 0.227. The highest BCUT2D eigenvalue weighted by Crippen LogP contribution is 2.20. The Morgan fingerprint density at radius 3 is 3.11 bits per heavy atom. The summed E-state index contributed by atoms with van der Waals surface area (Å²) in [6.45, 7) is 4.85. The molecule has 0 saturated carbocycles. The molecule has 2 rings (SSSR count). The summed E-state index contributed by atoms with van der Waals surface area (Å²) in [5.41, 5.74) is 0.348. The average molecular weight is 329 g/mol. The number of rotatable bonds is 4. The summed E-state index contributed by atoms with van der Waals surface area (Å²) in [4.78, 5) is 14.4. The normalized spacial score (nSPS) is 19.6. The molecule has 1 heterocycles. The number of likely N-dealkylation sites (tertiary alicyclic amines) is 1. The van der Waals surface area contributed by atoms with Gasteiger partial charge in [0.05, 0.1) is 10.0 Å². The zero-order valence-electron chi connectivity index (χ0n) is 11.0. The molecule has 0 radical (unpaired) electrons. The van der Waals surface area contributed by atoms with Gasteiger partial charge >= 0.3 is 0 Å². The number of benzene rings is 1. The molecule has 0 bridgehead atoms. The smallest absolute Gasteiger partial charge is 0.252 e. The Morgan fingerprint density at radius 1 is 1.58 bits per heavy atom. The molecule has 1 amide bonds. The predicted octanol–water partition coefficient (Wildman–Crippen LogP) is 2.80. The first-order valence-corrected chi connectivity index (χ1v) is 7.39. The number of halogens is 2. The number of amides is 1. The molecule has 1 saturated heterocycles. The maximum absolute atomic E-state index is 13.4. The van der Waals surface area contributed by atoms with Gasteiger partial charge in [-0.15, -0.1) is 0 Å². The van der Waals surface area contributed by atoms with Crippen LogP contribution in [-0.4, -0.2) is 36.5 Å². The molecule has 1 unspecified atom stereocenters.